The number of hydrogen-bond donors (Lipinski definition) is 1. The number of amidine groups is 1. The molecule has 0 radical (unpaired) electrons. The van der Waals surface area contributed by atoms with Crippen molar-refractivity contribution in [2.45, 2.75) is 26.2 Å². The molecule has 1 aliphatic heterocycles. The highest BCUT2D eigenvalue weighted by molar-refractivity contribution is 6.17. The maximum atomic E-state index is 12.6. The van der Waals surface area contributed by atoms with Crippen LogP contribution in [0.2, 0.25) is 0 Å². The van der Waals surface area contributed by atoms with Crippen molar-refractivity contribution < 1.29 is 9.59 Å². The summed E-state index contributed by atoms with van der Waals surface area (Å²) in [6, 6.07) is 20.5. The monoisotopic (exact) mass is 398 g/mol. The fourth-order valence-electron chi connectivity index (χ4n) is 3.30. The first-order valence-corrected chi connectivity index (χ1v) is 9.96. The van der Waals surface area contributed by atoms with Gasteiger partial charge in [0.1, 0.15) is 5.84 Å². The normalized spacial score (nSPS) is 13.3. The largest absolute Gasteiger partial charge is 0.308 e. The summed E-state index contributed by atoms with van der Waals surface area (Å²) in [7, 11) is 0. The molecule has 1 N–H and O–H groups in total. The summed E-state index contributed by atoms with van der Waals surface area (Å²) in [6.45, 7) is 2.14. The van der Waals surface area contributed by atoms with Gasteiger partial charge in [0.2, 0.25) is 0 Å². The lowest BCUT2D eigenvalue weighted by Gasteiger charge is -2.10. The maximum Gasteiger partial charge on any atom is 0.256 e. The first kappa shape index (κ1) is 19.5. The van der Waals surface area contributed by atoms with E-state index in [2.05, 4.69) is 28.4 Å². The minimum Gasteiger partial charge on any atom is -0.308 e. The van der Waals surface area contributed by atoms with Crippen LogP contribution < -0.4 is 10.3 Å². The summed E-state index contributed by atoms with van der Waals surface area (Å²) in [5.74, 6) is -0.134. The summed E-state index contributed by atoms with van der Waals surface area (Å²) < 4.78 is 0. The van der Waals surface area contributed by atoms with Crippen LogP contribution in [0.3, 0.4) is 0 Å². The maximum absolute atomic E-state index is 12.6. The van der Waals surface area contributed by atoms with E-state index in [0.29, 0.717) is 17.1 Å². The topological polar surface area (TPSA) is 74.7 Å². The summed E-state index contributed by atoms with van der Waals surface area (Å²) in [5.41, 5.74) is 4.20. The van der Waals surface area contributed by atoms with Gasteiger partial charge in [0.05, 0.1) is 17.8 Å². The Morgan fingerprint density at radius 1 is 1.03 bits per heavy atom. The molecule has 6 heteroatoms. The quantitative estimate of drug-likeness (QED) is 0.701. The number of aromatic nitrogens is 1. The first-order valence-electron chi connectivity index (χ1n) is 9.96. The van der Waals surface area contributed by atoms with Crippen molar-refractivity contribution in [1.82, 2.24) is 10.3 Å². The number of carbonyl (C=O) groups excluding carboxylic acids is 2. The zero-order valence-electron chi connectivity index (χ0n) is 16.7. The number of nitrogens with zero attached hydrogens (tertiary/aromatic N) is 3. The van der Waals surface area contributed by atoms with E-state index in [1.165, 1.54) is 10.6 Å². The molecule has 2 amide bonds. The van der Waals surface area contributed by atoms with Gasteiger partial charge in [0.25, 0.3) is 11.8 Å². The molecule has 4 rings (SSSR count). The Hall–Kier alpha value is -3.80. The lowest BCUT2D eigenvalue weighted by molar-refractivity contribution is -0.116. The first-order chi connectivity index (χ1) is 14.6. The van der Waals surface area contributed by atoms with Gasteiger partial charge in [-0.1, -0.05) is 49.7 Å². The fourth-order valence-corrected chi connectivity index (χ4v) is 3.30. The van der Waals surface area contributed by atoms with Gasteiger partial charge in [-0.05, 0) is 42.3 Å². The van der Waals surface area contributed by atoms with Gasteiger partial charge in [0, 0.05) is 17.3 Å². The third-order valence-electron chi connectivity index (χ3n) is 4.84. The third-order valence-corrected chi connectivity index (χ3v) is 4.84. The summed E-state index contributed by atoms with van der Waals surface area (Å²) in [4.78, 5) is 29.3. The fraction of sp³-hybridized carbons (Fsp3) is 0.167. The standard InChI is InChI=1S/C24H22N4O2/c1-2-6-17-9-14-21(25-16-17)18-10-12-19(13-11-18)24(30)26-22-15-23(29)28(27-22)20-7-4-3-5-8-20/h3-5,7-14,16H,2,6,15H2,1H3,(H,26,27,30). The van der Waals surface area contributed by atoms with E-state index in [0.717, 1.165) is 24.1 Å². The van der Waals surface area contributed by atoms with Crippen molar-refractivity contribution in [3.05, 3.63) is 84.1 Å². The lowest BCUT2D eigenvalue weighted by atomic mass is 10.1. The Morgan fingerprint density at radius 3 is 2.47 bits per heavy atom. The van der Waals surface area contributed by atoms with Gasteiger partial charge in [-0.2, -0.15) is 10.1 Å². The predicted octanol–water partition coefficient (Wildman–Crippen LogP) is 4.18. The second-order valence-electron chi connectivity index (χ2n) is 7.10. The van der Waals surface area contributed by atoms with E-state index < -0.39 is 0 Å². The Kier molecular flexibility index (Phi) is 5.66. The molecule has 0 saturated carbocycles. The molecule has 0 fully saturated rings. The molecule has 2 heterocycles. The van der Waals surface area contributed by atoms with Crippen LogP contribution in [-0.4, -0.2) is 22.6 Å². The summed E-state index contributed by atoms with van der Waals surface area (Å²) >= 11 is 0. The van der Waals surface area contributed by atoms with Crippen molar-refractivity contribution in [3.63, 3.8) is 0 Å². The zero-order chi connectivity index (χ0) is 20.9. The number of para-hydroxylation sites is 1. The molecular formula is C24H22N4O2. The smallest absolute Gasteiger partial charge is 0.256 e. The van der Waals surface area contributed by atoms with Gasteiger partial charge in [0.15, 0.2) is 0 Å². The van der Waals surface area contributed by atoms with Crippen molar-refractivity contribution in [3.8, 4) is 11.3 Å². The zero-order valence-corrected chi connectivity index (χ0v) is 16.7. The summed E-state index contributed by atoms with van der Waals surface area (Å²) in [5, 5.41) is 8.30. The predicted molar refractivity (Wildman–Crippen MR) is 117 cm³/mol. The minimum absolute atomic E-state index is 0.0622. The Labute approximate surface area is 175 Å². The average Bonchev–Trinajstić information content (AvgIpc) is 3.15. The van der Waals surface area contributed by atoms with Crippen LogP contribution in [0.15, 0.2) is 78.0 Å². The van der Waals surface area contributed by atoms with Crippen LogP contribution in [-0.2, 0) is 11.2 Å². The van der Waals surface area contributed by atoms with E-state index in [1.54, 1.807) is 24.3 Å². The van der Waals surface area contributed by atoms with Crippen LogP contribution in [0.5, 0.6) is 0 Å². The molecule has 150 valence electrons. The van der Waals surface area contributed by atoms with E-state index in [4.69, 9.17) is 0 Å². The molecule has 0 unspecified atom stereocenters. The lowest BCUT2D eigenvalue weighted by Crippen LogP contribution is -2.29. The van der Waals surface area contributed by atoms with Crippen molar-refractivity contribution in [2.24, 2.45) is 5.10 Å². The van der Waals surface area contributed by atoms with Gasteiger partial charge < -0.3 is 5.32 Å². The van der Waals surface area contributed by atoms with E-state index in [9.17, 15) is 9.59 Å². The number of hydrazone groups is 1. The number of carbonyl (C=O) groups is 2. The second kappa shape index (κ2) is 8.69. The van der Waals surface area contributed by atoms with Crippen molar-refractivity contribution in [1.29, 1.82) is 0 Å². The number of rotatable bonds is 5. The molecule has 30 heavy (non-hydrogen) atoms. The van der Waals surface area contributed by atoms with Crippen molar-refractivity contribution >= 4 is 23.3 Å². The SMILES string of the molecule is CCCc1ccc(-c2ccc(C(=O)NC3=NN(c4ccccc4)C(=O)C3)cc2)nc1. The van der Waals surface area contributed by atoms with Crippen LogP contribution in [0.1, 0.15) is 35.7 Å². The van der Waals surface area contributed by atoms with E-state index in [1.807, 2.05) is 42.6 Å². The molecule has 6 nitrogen and oxygen atoms in total. The van der Waals surface area contributed by atoms with Gasteiger partial charge in [-0.3, -0.25) is 14.6 Å². The highest BCUT2D eigenvalue weighted by atomic mass is 16.2. The van der Waals surface area contributed by atoms with Crippen molar-refractivity contribution in [2.75, 3.05) is 5.01 Å². The van der Waals surface area contributed by atoms with Crippen LogP contribution >= 0.6 is 0 Å². The summed E-state index contributed by atoms with van der Waals surface area (Å²) in [6.07, 6.45) is 4.06. The molecular weight excluding hydrogens is 376 g/mol. The number of hydrogen-bond acceptors (Lipinski definition) is 4. The van der Waals surface area contributed by atoms with E-state index in [-0.39, 0.29) is 18.2 Å². The molecule has 0 atom stereocenters. The number of benzene rings is 2. The minimum atomic E-state index is -0.297. The highest BCUT2D eigenvalue weighted by Crippen LogP contribution is 2.20. The van der Waals surface area contributed by atoms with Gasteiger partial charge in [-0.15, -0.1) is 0 Å². The molecule has 0 aliphatic carbocycles. The number of aryl methyl sites for hydroxylation is 1. The van der Waals surface area contributed by atoms with Crippen LogP contribution in [0, 0.1) is 0 Å². The number of anilines is 1. The molecule has 0 bridgehead atoms. The second-order valence-corrected chi connectivity index (χ2v) is 7.10. The van der Waals surface area contributed by atoms with Gasteiger partial charge in [-0.25, -0.2) is 0 Å². The van der Waals surface area contributed by atoms with Crippen LogP contribution in [0.25, 0.3) is 11.3 Å². The third kappa shape index (κ3) is 4.27. The molecule has 0 spiro atoms. The molecule has 1 aromatic heterocycles. The molecule has 3 aromatic rings. The number of pyridine rings is 1. The van der Waals surface area contributed by atoms with Crippen LogP contribution in [0.4, 0.5) is 5.69 Å². The highest BCUT2D eigenvalue weighted by Gasteiger charge is 2.26. The molecule has 2 aromatic carbocycles. The Balaban J connectivity index is 1.43. The molecule has 0 saturated heterocycles. The van der Waals surface area contributed by atoms with Gasteiger partial charge >= 0.3 is 0 Å². The Bertz CT molecular complexity index is 1070. The Morgan fingerprint density at radius 2 is 1.80 bits per heavy atom. The molecule has 1 aliphatic rings. The van der Waals surface area contributed by atoms with E-state index >= 15 is 0 Å². The average molecular weight is 398 g/mol. The number of nitrogens with one attached hydrogen (secondary N) is 1. The number of amides is 2.